The van der Waals surface area contributed by atoms with Crippen LogP contribution in [0, 0.1) is 5.92 Å². The first-order valence-electron chi connectivity index (χ1n) is 11.7. The number of primary amides is 1. The molecule has 37 heavy (non-hydrogen) atoms. The summed E-state index contributed by atoms with van der Waals surface area (Å²) in [6, 6.07) is 4.39. The summed E-state index contributed by atoms with van der Waals surface area (Å²) in [5, 5.41) is 16.8. The molecule has 4 amide bonds. The van der Waals surface area contributed by atoms with Crippen LogP contribution in [0.2, 0.25) is 0 Å². The van der Waals surface area contributed by atoms with Crippen LogP contribution in [0.3, 0.4) is 0 Å². The maximum Gasteiger partial charge on any atom is 0.326 e. The van der Waals surface area contributed by atoms with Crippen molar-refractivity contribution in [1.29, 1.82) is 0 Å². The minimum absolute atomic E-state index is 0.0627. The van der Waals surface area contributed by atoms with Gasteiger partial charge in [0.1, 0.15) is 18.1 Å². The lowest BCUT2D eigenvalue weighted by atomic mass is 10.0. The smallest absolute Gasteiger partial charge is 0.326 e. The predicted molar refractivity (Wildman–Crippen MR) is 132 cm³/mol. The number of nitrogens with zero attached hydrogens (tertiary/aromatic N) is 1. The molecule has 1 aromatic carbocycles. The second-order valence-electron chi connectivity index (χ2n) is 8.94. The number of nitrogens with one attached hydrogen (secondary N) is 4. The molecule has 0 fully saturated rings. The Morgan fingerprint density at radius 1 is 0.946 bits per heavy atom. The second-order valence-corrected chi connectivity index (χ2v) is 8.94. The van der Waals surface area contributed by atoms with Gasteiger partial charge in [-0.15, -0.1) is 0 Å². The molecule has 1 aromatic heterocycles. The number of carbonyl (C=O) groups excluding carboxylic acids is 4. The van der Waals surface area contributed by atoms with Crippen molar-refractivity contribution >= 4 is 29.6 Å². The number of hydrogen-bond acceptors (Lipinski definition) is 7. The van der Waals surface area contributed by atoms with Crippen molar-refractivity contribution in [2.75, 3.05) is 0 Å². The molecule has 0 aliphatic carbocycles. The highest BCUT2D eigenvalue weighted by Gasteiger charge is 2.32. The molecule has 0 radical (unpaired) electrons. The fourth-order valence-corrected chi connectivity index (χ4v) is 3.52. The van der Waals surface area contributed by atoms with Crippen molar-refractivity contribution in [3.8, 4) is 0 Å². The van der Waals surface area contributed by atoms with Crippen molar-refractivity contribution < 1.29 is 29.1 Å². The maximum atomic E-state index is 13.2. The summed E-state index contributed by atoms with van der Waals surface area (Å²) in [5.74, 6) is -4.82. The maximum absolute atomic E-state index is 13.2. The molecule has 2 rings (SSSR count). The van der Waals surface area contributed by atoms with Gasteiger partial charge in [-0.25, -0.2) is 9.78 Å². The van der Waals surface area contributed by atoms with E-state index in [2.05, 4.69) is 25.9 Å². The van der Waals surface area contributed by atoms with E-state index < -0.39 is 60.2 Å². The van der Waals surface area contributed by atoms with E-state index in [4.69, 9.17) is 11.5 Å². The Balaban J connectivity index is 2.14. The van der Waals surface area contributed by atoms with E-state index >= 15 is 0 Å². The number of hydrogen-bond donors (Lipinski definition) is 7. The van der Waals surface area contributed by atoms with Gasteiger partial charge in [-0.05, 0) is 17.9 Å². The van der Waals surface area contributed by atoms with Crippen LogP contribution in [-0.4, -0.2) is 68.8 Å². The Morgan fingerprint density at radius 3 is 2.14 bits per heavy atom. The molecule has 13 heteroatoms. The summed E-state index contributed by atoms with van der Waals surface area (Å²) in [6.45, 7) is 3.43. The van der Waals surface area contributed by atoms with E-state index in [0.29, 0.717) is 5.69 Å². The monoisotopic (exact) mass is 515 g/mol. The number of nitrogens with two attached hydrogens (primary N) is 2. The molecule has 0 aliphatic heterocycles. The van der Waals surface area contributed by atoms with E-state index in [1.54, 1.807) is 13.8 Å². The molecule has 1 heterocycles. The third-order valence-corrected chi connectivity index (χ3v) is 5.51. The van der Waals surface area contributed by atoms with Gasteiger partial charge in [0.25, 0.3) is 0 Å². The van der Waals surface area contributed by atoms with Crippen LogP contribution in [0.4, 0.5) is 0 Å². The van der Waals surface area contributed by atoms with Gasteiger partial charge in [0.15, 0.2) is 0 Å². The quantitative estimate of drug-likeness (QED) is 0.158. The number of carbonyl (C=O) groups is 5. The Labute approximate surface area is 213 Å². The Kier molecular flexibility index (Phi) is 10.8. The minimum atomic E-state index is -1.58. The third kappa shape index (κ3) is 9.37. The van der Waals surface area contributed by atoms with Crippen molar-refractivity contribution in [2.45, 2.75) is 57.3 Å². The highest BCUT2D eigenvalue weighted by Crippen LogP contribution is 2.08. The number of aromatic amines is 1. The zero-order chi connectivity index (χ0) is 27.5. The number of carboxylic acid groups (broad SMARTS) is 1. The normalized spacial score (nSPS) is 14.2. The summed E-state index contributed by atoms with van der Waals surface area (Å²) in [5.41, 5.74) is 12.5. The summed E-state index contributed by atoms with van der Waals surface area (Å²) < 4.78 is 0. The zero-order valence-corrected chi connectivity index (χ0v) is 20.6. The molecule has 0 spiro atoms. The molecular formula is C24H33N7O6. The standard InChI is InChI=1S/C24H33N7O6/c1-13(2)20(31-21(33)16(25)8-14-6-4-3-5-7-14)23(35)29-17(9-15-11-27-12-28-15)22(34)30-18(24(36)37)10-19(26)32/h3-7,11-13,16-18,20H,8-10,25H2,1-2H3,(H2,26,32)(H,27,28)(H,29,35)(H,30,34)(H,31,33)(H,36,37). The molecule has 0 saturated heterocycles. The number of carboxylic acids is 1. The average molecular weight is 516 g/mol. The molecule has 0 aliphatic rings. The number of H-pyrrole nitrogens is 1. The van der Waals surface area contributed by atoms with Crippen molar-refractivity contribution in [3.63, 3.8) is 0 Å². The predicted octanol–water partition coefficient (Wildman–Crippen LogP) is -1.41. The van der Waals surface area contributed by atoms with Crippen LogP contribution < -0.4 is 27.4 Å². The summed E-state index contributed by atoms with van der Waals surface area (Å²) in [6.07, 6.45) is 2.39. The molecule has 0 bridgehead atoms. The molecule has 4 unspecified atom stereocenters. The first-order valence-corrected chi connectivity index (χ1v) is 11.7. The lowest BCUT2D eigenvalue weighted by molar-refractivity contribution is -0.143. The molecule has 2 aromatic rings. The summed E-state index contributed by atoms with van der Waals surface area (Å²) in [7, 11) is 0. The van der Waals surface area contributed by atoms with E-state index in [1.165, 1.54) is 12.5 Å². The van der Waals surface area contributed by atoms with Gasteiger partial charge in [-0.1, -0.05) is 44.2 Å². The number of aliphatic carboxylic acids is 1. The SMILES string of the molecule is CC(C)C(NC(=O)C(N)Cc1ccccc1)C(=O)NC(Cc1cnc[nH]1)C(=O)NC(CC(N)=O)C(=O)O. The van der Waals surface area contributed by atoms with E-state index in [0.717, 1.165) is 5.56 Å². The number of aromatic nitrogens is 2. The van der Waals surface area contributed by atoms with Crippen LogP contribution >= 0.6 is 0 Å². The highest BCUT2D eigenvalue weighted by atomic mass is 16.4. The number of rotatable bonds is 14. The number of amides is 4. The van der Waals surface area contributed by atoms with Gasteiger partial charge in [0.05, 0.1) is 18.8 Å². The fourth-order valence-electron chi connectivity index (χ4n) is 3.52. The van der Waals surface area contributed by atoms with Crippen LogP contribution in [0.15, 0.2) is 42.9 Å². The lowest BCUT2D eigenvalue weighted by Gasteiger charge is -2.26. The van der Waals surface area contributed by atoms with Crippen molar-refractivity contribution in [3.05, 3.63) is 54.1 Å². The molecule has 9 N–H and O–H groups in total. The van der Waals surface area contributed by atoms with Crippen LogP contribution in [-0.2, 0) is 36.8 Å². The summed E-state index contributed by atoms with van der Waals surface area (Å²) >= 11 is 0. The van der Waals surface area contributed by atoms with E-state index in [-0.39, 0.29) is 18.8 Å². The Morgan fingerprint density at radius 2 is 1.59 bits per heavy atom. The van der Waals surface area contributed by atoms with Crippen LogP contribution in [0.25, 0.3) is 0 Å². The number of benzene rings is 1. The largest absolute Gasteiger partial charge is 0.480 e. The van der Waals surface area contributed by atoms with Gasteiger partial charge >= 0.3 is 5.97 Å². The summed E-state index contributed by atoms with van der Waals surface area (Å²) in [4.78, 5) is 68.2. The van der Waals surface area contributed by atoms with Crippen LogP contribution in [0.5, 0.6) is 0 Å². The van der Waals surface area contributed by atoms with E-state index in [9.17, 15) is 29.1 Å². The second kappa shape index (κ2) is 13.7. The topological polar surface area (TPSA) is 222 Å². The van der Waals surface area contributed by atoms with Gasteiger partial charge in [-0.2, -0.15) is 0 Å². The van der Waals surface area contributed by atoms with Gasteiger partial charge < -0.3 is 37.5 Å². The first kappa shape index (κ1) is 29.0. The fraction of sp³-hybridized carbons (Fsp3) is 0.417. The molecule has 0 saturated carbocycles. The van der Waals surface area contributed by atoms with Gasteiger partial charge in [0.2, 0.25) is 23.6 Å². The van der Waals surface area contributed by atoms with Crippen LogP contribution in [0.1, 0.15) is 31.5 Å². The highest BCUT2D eigenvalue weighted by molar-refractivity contribution is 5.95. The zero-order valence-electron chi connectivity index (χ0n) is 20.6. The molecule has 200 valence electrons. The Bertz CT molecular complexity index is 1070. The first-order chi connectivity index (χ1) is 17.5. The molecule has 13 nitrogen and oxygen atoms in total. The average Bonchev–Trinajstić information content (AvgIpc) is 3.34. The van der Waals surface area contributed by atoms with Gasteiger partial charge in [0, 0.05) is 18.3 Å². The minimum Gasteiger partial charge on any atom is -0.480 e. The van der Waals surface area contributed by atoms with Crippen molar-refractivity contribution in [2.24, 2.45) is 17.4 Å². The third-order valence-electron chi connectivity index (χ3n) is 5.51. The van der Waals surface area contributed by atoms with E-state index in [1.807, 2.05) is 30.3 Å². The molecule has 4 atom stereocenters. The lowest BCUT2D eigenvalue weighted by Crippen LogP contribution is -2.59. The molecular weight excluding hydrogens is 482 g/mol. The Hall–Kier alpha value is -4.26. The number of imidazole rings is 1. The van der Waals surface area contributed by atoms with Gasteiger partial charge in [-0.3, -0.25) is 19.2 Å². The van der Waals surface area contributed by atoms with Crippen molar-refractivity contribution in [1.82, 2.24) is 25.9 Å².